The Balaban J connectivity index is 1.38. The number of hydrogen-bond acceptors (Lipinski definition) is 3. The second-order valence-electron chi connectivity index (χ2n) is 7.09. The van der Waals surface area contributed by atoms with Gasteiger partial charge in [-0.2, -0.15) is 10.2 Å². The molecule has 4 aromatic rings. The molecule has 1 N–H and O–H groups in total. The van der Waals surface area contributed by atoms with Crippen LogP contribution in [-0.2, 0) is 6.54 Å². The van der Waals surface area contributed by atoms with Crippen molar-refractivity contribution >= 4 is 22.9 Å². The van der Waals surface area contributed by atoms with Gasteiger partial charge in [-0.15, -0.1) is 0 Å². The lowest BCUT2D eigenvalue weighted by atomic mass is 10.1. The van der Waals surface area contributed by atoms with Gasteiger partial charge >= 0.3 is 0 Å². The van der Waals surface area contributed by atoms with Crippen LogP contribution in [0.3, 0.4) is 0 Å². The van der Waals surface area contributed by atoms with Crippen molar-refractivity contribution in [2.24, 2.45) is 5.10 Å². The normalized spacial score (nSPS) is 11.2. The first-order valence-electron chi connectivity index (χ1n) is 9.51. The summed E-state index contributed by atoms with van der Waals surface area (Å²) in [6.07, 6.45) is 1.65. The topological polar surface area (TPSA) is 59.3 Å². The third kappa shape index (κ3) is 4.41. The van der Waals surface area contributed by atoms with E-state index in [1.807, 2.05) is 73.1 Å². The molecular formula is C24H22N4O. The van der Waals surface area contributed by atoms with Gasteiger partial charge in [0, 0.05) is 11.3 Å². The molecule has 0 saturated carbocycles. The highest BCUT2D eigenvalue weighted by Crippen LogP contribution is 2.14. The molecule has 144 valence electrons. The molecule has 1 heterocycles. The molecule has 0 fully saturated rings. The Morgan fingerprint density at radius 3 is 2.48 bits per heavy atom. The molecular weight excluding hydrogens is 360 g/mol. The first-order valence-corrected chi connectivity index (χ1v) is 9.51. The quantitative estimate of drug-likeness (QED) is 0.409. The molecule has 0 aliphatic carbocycles. The molecule has 29 heavy (non-hydrogen) atoms. The third-order valence-corrected chi connectivity index (χ3v) is 4.81. The van der Waals surface area contributed by atoms with Crippen LogP contribution in [0.2, 0.25) is 0 Å². The van der Waals surface area contributed by atoms with Gasteiger partial charge in [0.2, 0.25) is 0 Å². The molecule has 0 aliphatic heterocycles. The van der Waals surface area contributed by atoms with E-state index in [0.29, 0.717) is 12.1 Å². The van der Waals surface area contributed by atoms with Crippen molar-refractivity contribution in [3.63, 3.8) is 0 Å². The van der Waals surface area contributed by atoms with Gasteiger partial charge in [0.15, 0.2) is 0 Å². The van der Waals surface area contributed by atoms with E-state index < -0.39 is 0 Å². The Morgan fingerprint density at radius 1 is 1.00 bits per heavy atom. The van der Waals surface area contributed by atoms with Crippen molar-refractivity contribution in [1.82, 2.24) is 15.2 Å². The summed E-state index contributed by atoms with van der Waals surface area (Å²) in [5.74, 6) is -0.236. The Kier molecular flexibility index (Phi) is 5.20. The number of nitrogens with one attached hydrogen (secondary N) is 1. The minimum atomic E-state index is -0.236. The molecule has 0 saturated heterocycles. The second kappa shape index (κ2) is 8.10. The van der Waals surface area contributed by atoms with Gasteiger partial charge in [0.25, 0.3) is 5.91 Å². The Hall–Kier alpha value is -3.73. The molecule has 0 aliphatic rings. The zero-order chi connectivity index (χ0) is 20.2. The van der Waals surface area contributed by atoms with E-state index in [-0.39, 0.29) is 5.91 Å². The third-order valence-electron chi connectivity index (χ3n) is 4.81. The van der Waals surface area contributed by atoms with Crippen LogP contribution in [0, 0.1) is 13.8 Å². The first-order chi connectivity index (χ1) is 14.1. The van der Waals surface area contributed by atoms with E-state index in [4.69, 9.17) is 0 Å². The molecule has 0 unspecified atom stereocenters. The van der Waals surface area contributed by atoms with Crippen molar-refractivity contribution in [2.45, 2.75) is 20.4 Å². The van der Waals surface area contributed by atoms with Gasteiger partial charge in [-0.05, 0) is 60.0 Å². The Labute approximate surface area is 169 Å². The average molecular weight is 382 g/mol. The van der Waals surface area contributed by atoms with Gasteiger partial charge < -0.3 is 0 Å². The van der Waals surface area contributed by atoms with Gasteiger partial charge in [-0.25, -0.2) is 5.43 Å². The Bertz CT molecular complexity index is 1190. The number of amides is 1. The average Bonchev–Trinajstić information content (AvgIpc) is 3.05. The monoisotopic (exact) mass is 382 g/mol. The Morgan fingerprint density at radius 2 is 1.76 bits per heavy atom. The van der Waals surface area contributed by atoms with Crippen LogP contribution in [0.4, 0.5) is 0 Å². The summed E-state index contributed by atoms with van der Waals surface area (Å²) in [4.78, 5) is 12.3. The van der Waals surface area contributed by atoms with E-state index in [0.717, 1.165) is 27.9 Å². The minimum Gasteiger partial charge on any atom is -0.267 e. The van der Waals surface area contributed by atoms with E-state index in [2.05, 4.69) is 33.8 Å². The zero-order valence-corrected chi connectivity index (χ0v) is 16.5. The SMILES string of the molecule is Cc1cc(C)n(Cc2ccc(C(=O)N/N=C\c3ccc4ccccc4c3)cc2)n1. The van der Waals surface area contributed by atoms with Crippen LogP contribution in [0.15, 0.2) is 77.9 Å². The molecule has 5 heteroatoms. The highest BCUT2D eigenvalue weighted by atomic mass is 16.2. The molecule has 1 aromatic heterocycles. The minimum absolute atomic E-state index is 0.236. The van der Waals surface area contributed by atoms with Gasteiger partial charge in [-0.1, -0.05) is 48.5 Å². The van der Waals surface area contributed by atoms with Crippen LogP contribution in [-0.4, -0.2) is 21.9 Å². The molecule has 1 amide bonds. The number of carbonyl (C=O) groups excluding carboxylic acids is 1. The number of aryl methyl sites for hydroxylation is 2. The van der Waals surface area contributed by atoms with Crippen molar-refractivity contribution in [3.05, 3.63) is 101 Å². The highest BCUT2D eigenvalue weighted by molar-refractivity contribution is 5.95. The highest BCUT2D eigenvalue weighted by Gasteiger charge is 2.06. The lowest BCUT2D eigenvalue weighted by Crippen LogP contribution is -2.17. The van der Waals surface area contributed by atoms with Crippen molar-refractivity contribution in [3.8, 4) is 0 Å². The summed E-state index contributed by atoms with van der Waals surface area (Å²) in [6.45, 7) is 4.70. The zero-order valence-electron chi connectivity index (χ0n) is 16.5. The second-order valence-corrected chi connectivity index (χ2v) is 7.09. The maximum Gasteiger partial charge on any atom is 0.271 e. The number of benzene rings is 3. The summed E-state index contributed by atoms with van der Waals surface area (Å²) in [7, 11) is 0. The van der Waals surface area contributed by atoms with Crippen LogP contribution >= 0.6 is 0 Å². The summed E-state index contributed by atoms with van der Waals surface area (Å²) in [5, 5.41) is 10.9. The number of aromatic nitrogens is 2. The summed E-state index contributed by atoms with van der Waals surface area (Å²) in [6, 6.07) is 23.7. The fourth-order valence-electron chi connectivity index (χ4n) is 3.29. The maximum atomic E-state index is 12.3. The number of fused-ring (bicyclic) bond motifs is 1. The molecule has 0 radical (unpaired) electrons. The molecule has 4 rings (SSSR count). The molecule has 0 spiro atoms. The fraction of sp³-hybridized carbons (Fsp3) is 0.125. The maximum absolute atomic E-state index is 12.3. The van der Waals surface area contributed by atoms with Crippen LogP contribution in [0.25, 0.3) is 10.8 Å². The van der Waals surface area contributed by atoms with Crippen molar-refractivity contribution < 1.29 is 4.79 Å². The standard InChI is InChI=1S/C24H22N4O/c1-17-13-18(2)28(27-17)16-19-7-11-22(12-8-19)24(29)26-25-15-20-9-10-21-5-3-4-6-23(21)14-20/h3-15H,16H2,1-2H3,(H,26,29)/b25-15-. The number of hydrogen-bond donors (Lipinski definition) is 1. The van der Waals surface area contributed by atoms with Crippen molar-refractivity contribution in [1.29, 1.82) is 0 Å². The molecule has 0 atom stereocenters. The summed E-state index contributed by atoms with van der Waals surface area (Å²) < 4.78 is 1.96. The predicted octanol–water partition coefficient (Wildman–Crippen LogP) is 4.47. The smallest absolute Gasteiger partial charge is 0.267 e. The van der Waals surface area contributed by atoms with Gasteiger partial charge in [0.05, 0.1) is 18.5 Å². The first kappa shape index (κ1) is 18.6. The number of rotatable bonds is 5. The lowest BCUT2D eigenvalue weighted by Gasteiger charge is -2.06. The van der Waals surface area contributed by atoms with Crippen LogP contribution in [0.5, 0.6) is 0 Å². The van der Waals surface area contributed by atoms with Crippen LogP contribution < -0.4 is 5.43 Å². The predicted molar refractivity (Wildman–Crippen MR) is 116 cm³/mol. The van der Waals surface area contributed by atoms with Gasteiger partial charge in [-0.3, -0.25) is 9.48 Å². The van der Waals surface area contributed by atoms with E-state index >= 15 is 0 Å². The molecule has 0 bridgehead atoms. The van der Waals surface area contributed by atoms with E-state index in [1.165, 1.54) is 5.39 Å². The van der Waals surface area contributed by atoms with E-state index in [1.54, 1.807) is 6.21 Å². The van der Waals surface area contributed by atoms with Crippen molar-refractivity contribution in [2.75, 3.05) is 0 Å². The van der Waals surface area contributed by atoms with E-state index in [9.17, 15) is 4.79 Å². The van der Waals surface area contributed by atoms with Crippen LogP contribution in [0.1, 0.15) is 32.9 Å². The molecule has 5 nitrogen and oxygen atoms in total. The summed E-state index contributed by atoms with van der Waals surface area (Å²) >= 11 is 0. The summed E-state index contributed by atoms with van der Waals surface area (Å²) in [5.41, 5.74) is 7.30. The van der Waals surface area contributed by atoms with Gasteiger partial charge in [0.1, 0.15) is 0 Å². The largest absolute Gasteiger partial charge is 0.271 e. The number of carbonyl (C=O) groups is 1. The molecule has 3 aromatic carbocycles. The fourth-order valence-corrected chi connectivity index (χ4v) is 3.29. The number of hydrazone groups is 1. The lowest BCUT2D eigenvalue weighted by molar-refractivity contribution is 0.0955. The number of nitrogens with zero attached hydrogens (tertiary/aromatic N) is 3.